The molecule has 1 heterocycles. The fourth-order valence-corrected chi connectivity index (χ4v) is 2.60. The maximum atomic E-state index is 11.2. The van der Waals surface area contributed by atoms with Gasteiger partial charge in [-0.25, -0.2) is 0 Å². The van der Waals surface area contributed by atoms with E-state index in [1.807, 2.05) is 0 Å². The van der Waals surface area contributed by atoms with Gasteiger partial charge in [0, 0.05) is 0 Å². The minimum absolute atomic E-state index is 0.118. The number of hydrogen-bond donors (Lipinski definition) is 4. The number of nitrogens with one attached hydrogen (secondary N) is 2. The van der Waals surface area contributed by atoms with E-state index < -0.39 is 12.2 Å². The quantitative estimate of drug-likeness (QED) is 0.639. The standard InChI is InChI=1S/C12H16N2O3S/c1-13-5-4-9(15)11(16)7-2-3-8-10(6-7)18-12(17)14-8/h2-3,6,9,11,13,15-16H,4-5H2,1H3,(H,14,17). The molecule has 98 valence electrons. The first-order valence-electron chi connectivity index (χ1n) is 5.75. The summed E-state index contributed by atoms with van der Waals surface area (Å²) in [5, 5.41) is 22.8. The van der Waals surface area contributed by atoms with Gasteiger partial charge in [0.2, 0.25) is 0 Å². The van der Waals surface area contributed by atoms with Crippen LogP contribution in [-0.4, -0.2) is 34.9 Å². The van der Waals surface area contributed by atoms with Crippen molar-refractivity contribution in [3.05, 3.63) is 33.4 Å². The smallest absolute Gasteiger partial charge is 0.305 e. The van der Waals surface area contributed by atoms with Crippen molar-refractivity contribution in [2.75, 3.05) is 13.6 Å². The van der Waals surface area contributed by atoms with Crippen LogP contribution in [-0.2, 0) is 0 Å². The highest BCUT2D eigenvalue weighted by Gasteiger charge is 2.18. The first-order valence-corrected chi connectivity index (χ1v) is 6.57. The fraction of sp³-hybridized carbons (Fsp3) is 0.417. The third-order valence-corrected chi connectivity index (χ3v) is 3.69. The van der Waals surface area contributed by atoms with Crippen LogP contribution < -0.4 is 10.2 Å². The van der Waals surface area contributed by atoms with E-state index in [-0.39, 0.29) is 4.87 Å². The van der Waals surface area contributed by atoms with Crippen molar-refractivity contribution >= 4 is 21.6 Å². The molecular weight excluding hydrogens is 252 g/mol. The predicted octanol–water partition coefficient (Wildman–Crippen LogP) is 0.593. The average Bonchev–Trinajstić information content (AvgIpc) is 2.73. The predicted molar refractivity (Wildman–Crippen MR) is 72.0 cm³/mol. The van der Waals surface area contributed by atoms with E-state index in [4.69, 9.17) is 0 Å². The summed E-state index contributed by atoms with van der Waals surface area (Å²) in [6, 6.07) is 5.21. The van der Waals surface area contributed by atoms with Gasteiger partial charge >= 0.3 is 4.87 Å². The van der Waals surface area contributed by atoms with E-state index in [9.17, 15) is 15.0 Å². The Morgan fingerprint density at radius 2 is 2.22 bits per heavy atom. The number of rotatable bonds is 5. The molecule has 0 saturated heterocycles. The molecule has 0 amide bonds. The van der Waals surface area contributed by atoms with Crippen molar-refractivity contribution in [2.45, 2.75) is 18.6 Å². The number of benzene rings is 1. The number of hydrogen-bond acceptors (Lipinski definition) is 5. The van der Waals surface area contributed by atoms with Crippen molar-refractivity contribution in [1.29, 1.82) is 0 Å². The second-order valence-corrected chi connectivity index (χ2v) is 5.19. The molecule has 0 aliphatic heterocycles. The van der Waals surface area contributed by atoms with Gasteiger partial charge in [-0.15, -0.1) is 0 Å². The normalized spacial score (nSPS) is 14.8. The highest BCUT2D eigenvalue weighted by atomic mass is 32.1. The van der Waals surface area contributed by atoms with Crippen molar-refractivity contribution in [2.24, 2.45) is 0 Å². The summed E-state index contributed by atoms with van der Waals surface area (Å²) in [4.78, 5) is 13.8. The van der Waals surface area contributed by atoms with Crippen LogP contribution in [0.5, 0.6) is 0 Å². The highest BCUT2D eigenvalue weighted by Crippen LogP contribution is 2.23. The lowest BCUT2D eigenvalue weighted by Crippen LogP contribution is -2.23. The van der Waals surface area contributed by atoms with E-state index in [0.717, 1.165) is 21.6 Å². The van der Waals surface area contributed by atoms with Crippen LogP contribution in [0.4, 0.5) is 0 Å². The van der Waals surface area contributed by atoms with Crippen LogP contribution >= 0.6 is 11.3 Å². The molecular formula is C12H16N2O3S. The van der Waals surface area contributed by atoms with Gasteiger partial charge in [0.15, 0.2) is 0 Å². The monoisotopic (exact) mass is 268 g/mol. The lowest BCUT2D eigenvalue weighted by Gasteiger charge is -2.17. The summed E-state index contributed by atoms with van der Waals surface area (Å²) < 4.78 is 0.789. The Kier molecular flexibility index (Phi) is 4.13. The molecule has 18 heavy (non-hydrogen) atoms. The van der Waals surface area contributed by atoms with Crippen molar-refractivity contribution < 1.29 is 10.2 Å². The molecule has 0 spiro atoms. The first-order chi connectivity index (χ1) is 8.61. The number of aliphatic hydroxyl groups excluding tert-OH is 2. The zero-order chi connectivity index (χ0) is 13.1. The molecule has 0 saturated carbocycles. The van der Waals surface area contributed by atoms with Crippen LogP contribution in [0.2, 0.25) is 0 Å². The van der Waals surface area contributed by atoms with Gasteiger partial charge < -0.3 is 20.5 Å². The molecule has 0 aliphatic rings. The van der Waals surface area contributed by atoms with E-state index in [2.05, 4.69) is 10.3 Å². The number of aromatic nitrogens is 1. The zero-order valence-electron chi connectivity index (χ0n) is 10.0. The van der Waals surface area contributed by atoms with Gasteiger partial charge in [0.05, 0.1) is 16.3 Å². The Balaban J connectivity index is 2.21. The molecule has 0 bridgehead atoms. The Morgan fingerprint density at radius 1 is 1.44 bits per heavy atom. The molecule has 0 radical (unpaired) electrons. The lowest BCUT2D eigenvalue weighted by atomic mass is 10.0. The molecule has 2 unspecified atom stereocenters. The molecule has 2 atom stereocenters. The molecule has 0 aliphatic carbocycles. The molecule has 4 N–H and O–H groups in total. The van der Waals surface area contributed by atoms with Gasteiger partial charge in [0.25, 0.3) is 0 Å². The Morgan fingerprint density at radius 3 is 2.94 bits per heavy atom. The Hall–Kier alpha value is -1.21. The number of fused-ring (bicyclic) bond motifs is 1. The molecule has 1 aromatic carbocycles. The third kappa shape index (κ3) is 2.78. The Labute approximate surface area is 108 Å². The summed E-state index contributed by atoms with van der Waals surface area (Å²) >= 11 is 1.10. The summed E-state index contributed by atoms with van der Waals surface area (Å²) in [6.07, 6.45) is -1.27. The SMILES string of the molecule is CNCCC(O)C(O)c1ccc2[nH]c(=O)sc2c1. The molecule has 2 rings (SSSR count). The summed E-state index contributed by atoms with van der Waals surface area (Å²) in [6.45, 7) is 0.637. The van der Waals surface area contributed by atoms with E-state index >= 15 is 0 Å². The second-order valence-electron chi connectivity index (χ2n) is 4.17. The van der Waals surface area contributed by atoms with E-state index in [1.165, 1.54) is 0 Å². The van der Waals surface area contributed by atoms with Crippen LogP contribution in [0.1, 0.15) is 18.1 Å². The zero-order valence-corrected chi connectivity index (χ0v) is 10.8. The highest BCUT2D eigenvalue weighted by molar-refractivity contribution is 7.16. The van der Waals surface area contributed by atoms with Crippen molar-refractivity contribution in [3.63, 3.8) is 0 Å². The molecule has 5 nitrogen and oxygen atoms in total. The minimum atomic E-state index is -0.931. The van der Waals surface area contributed by atoms with Gasteiger partial charge in [-0.1, -0.05) is 17.4 Å². The topological polar surface area (TPSA) is 85.3 Å². The fourth-order valence-electron chi connectivity index (χ4n) is 1.82. The molecule has 0 fully saturated rings. The molecule has 2 aromatic rings. The number of aliphatic hydroxyl groups is 2. The number of thiazole rings is 1. The first kappa shape index (κ1) is 13.2. The maximum absolute atomic E-state index is 11.2. The summed E-state index contributed by atoms with van der Waals surface area (Å²) in [7, 11) is 1.79. The summed E-state index contributed by atoms with van der Waals surface area (Å²) in [5.41, 5.74) is 1.38. The van der Waals surface area contributed by atoms with Crippen molar-refractivity contribution in [1.82, 2.24) is 10.3 Å². The van der Waals surface area contributed by atoms with E-state index in [1.54, 1.807) is 25.2 Å². The average molecular weight is 268 g/mol. The maximum Gasteiger partial charge on any atom is 0.305 e. The van der Waals surface area contributed by atoms with Crippen LogP contribution in [0.3, 0.4) is 0 Å². The van der Waals surface area contributed by atoms with Crippen LogP contribution in [0, 0.1) is 0 Å². The summed E-state index contributed by atoms with van der Waals surface area (Å²) in [5.74, 6) is 0. The van der Waals surface area contributed by atoms with E-state index in [0.29, 0.717) is 18.5 Å². The van der Waals surface area contributed by atoms with Crippen LogP contribution in [0.15, 0.2) is 23.0 Å². The molecule has 1 aromatic heterocycles. The lowest BCUT2D eigenvalue weighted by molar-refractivity contribution is 0.0141. The van der Waals surface area contributed by atoms with Gasteiger partial charge in [-0.3, -0.25) is 4.79 Å². The minimum Gasteiger partial charge on any atom is -0.390 e. The largest absolute Gasteiger partial charge is 0.390 e. The van der Waals surface area contributed by atoms with Crippen molar-refractivity contribution in [3.8, 4) is 0 Å². The van der Waals surface area contributed by atoms with Gasteiger partial charge in [-0.2, -0.15) is 0 Å². The number of aromatic amines is 1. The number of H-pyrrole nitrogens is 1. The second kappa shape index (κ2) is 5.62. The Bertz CT molecular complexity index is 578. The van der Waals surface area contributed by atoms with Crippen LogP contribution in [0.25, 0.3) is 10.2 Å². The van der Waals surface area contributed by atoms with Gasteiger partial charge in [0.1, 0.15) is 6.10 Å². The third-order valence-electron chi connectivity index (χ3n) is 2.84. The van der Waals surface area contributed by atoms with Gasteiger partial charge in [-0.05, 0) is 37.7 Å². The molecule has 6 heteroatoms.